The fourth-order valence-corrected chi connectivity index (χ4v) is 3.06. The van der Waals surface area contributed by atoms with Gasteiger partial charge in [0.05, 0.1) is 18.7 Å². The van der Waals surface area contributed by atoms with Crippen molar-refractivity contribution in [2.45, 2.75) is 26.7 Å². The van der Waals surface area contributed by atoms with Gasteiger partial charge >= 0.3 is 0 Å². The Kier molecular flexibility index (Phi) is 6.46. The van der Waals surface area contributed by atoms with Crippen molar-refractivity contribution in [3.63, 3.8) is 0 Å². The van der Waals surface area contributed by atoms with E-state index in [1.807, 2.05) is 32.0 Å². The molecule has 1 aliphatic heterocycles. The molecule has 7 heteroatoms. The summed E-state index contributed by atoms with van der Waals surface area (Å²) < 4.78 is 11.2. The molecule has 1 aliphatic rings. The van der Waals surface area contributed by atoms with Gasteiger partial charge in [0.1, 0.15) is 24.0 Å². The van der Waals surface area contributed by atoms with E-state index in [9.17, 15) is 4.79 Å². The molecule has 0 radical (unpaired) electrons. The van der Waals surface area contributed by atoms with Crippen LogP contribution in [0, 0.1) is 6.92 Å². The summed E-state index contributed by atoms with van der Waals surface area (Å²) >= 11 is 0. The van der Waals surface area contributed by atoms with Gasteiger partial charge in [0, 0.05) is 19.2 Å². The topological polar surface area (TPSA) is 76.6 Å². The highest BCUT2D eigenvalue weighted by molar-refractivity contribution is 5.96. The minimum atomic E-state index is -0.181. The number of nitrogens with zero attached hydrogens (tertiary/aromatic N) is 3. The maximum Gasteiger partial charge on any atom is 0.255 e. The number of hydrogen-bond acceptors (Lipinski definition) is 6. The fraction of sp³-hybridized carbons (Fsp3) is 0.450. The first-order valence-electron chi connectivity index (χ1n) is 9.41. The third-order valence-electron chi connectivity index (χ3n) is 4.30. The van der Waals surface area contributed by atoms with Crippen molar-refractivity contribution >= 4 is 11.7 Å². The van der Waals surface area contributed by atoms with Gasteiger partial charge in [-0.2, -0.15) is 4.98 Å². The van der Waals surface area contributed by atoms with Crippen LogP contribution in [-0.4, -0.2) is 48.7 Å². The van der Waals surface area contributed by atoms with Gasteiger partial charge in [0.25, 0.3) is 5.91 Å². The SMILES string of the molecule is CCOc1ccccc1C(=O)NCCOc1cc(N2CCCC2)nc(C)n1. The summed E-state index contributed by atoms with van der Waals surface area (Å²) in [4.78, 5) is 23.4. The van der Waals surface area contributed by atoms with Gasteiger partial charge in [0.15, 0.2) is 0 Å². The van der Waals surface area contributed by atoms with Crippen LogP contribution in [0.1, 0.15) is 35.9 Å². The molecule has 27 heavy (non-hydrogen) atoms. The highest BCUT2D eigenvalue weighted by Crippen LogP contribution is 2.21. The lowest BCUT2D eigenvalue weighted by atomic mass is 10.2. The van der Waals surface area contributed by atoms with Gasteiger partial charge in [-0.05, 0) is 38.8 Å². The molecule has 0 aliphatic carbocycles. The van der Waals surface area contributed by atoms with Crippen molar-refractivity contribution in [1.82, 2.24) is 15.3 Å². The number of hydrogen-bond donors (Lipinski definition) is 1. The second-order valence-corrected chi connectivity index (χ2v) is 6.34. The van der Waals surface area contributed by atoms with Gasteiger partial charge in [-0.3, -0.25) is 4.79 Å². The summed E-state index contributed by atoms with van der Waals surface area (Å²) in [7, 11) is 0. The number of benzene rings is 1. The number of amides is 1. The van der Waals surface area contributed by atoms with Crippen LogP contribution in [0.4, 0.5) is 5.82 Å². The Morgan fingerprint density at radius 2 is 1.96 bits per heavy atom. The number of carbonyl (C=O) groups is 1. The molecule has 1 amide bonds. The molecule has 0 atom stereocenters. The molecule has 2 heterocycles. The Morgan fingerprint density at radius 3 is 2.74 bits per heavy atom. The van der Waals surface area contributed by atoms with E-state index >= 15 is 0 Å². The first kappa shape index (κ1) is 18.9. The van der Waals surface area contributed by atoms with E-state index in [-0.39, 0.29) is 5.91 Å². The van der Waals surface area contributed by atoms with Crippen molar-refractivity contribution < 1.29 is 14.3 Å². The number of ether oxygens (including phenoxy) is 2. The number of nitrogens with one attached hydrogen (secondary N) is 1. The van der Waals surface area contributed by atoms with Gasteiger partial charge in [-0.25, -0.2) is 4.98 Å². The van der Waals surface area contributed by atoms with Gasteiger partial charge in [0.2, 0.25) is 5.88 Å². The quantitative estimate of drug-likeness (QED) is 0.720. The molecule has 2 aromatic rings. The van der Waals surface area contributed by atoms with E-state index in [4.69, 9.17) is 9.47 Å². The molecule has 1 saturated heterocycles. The van der Waals surface area contributed by atoms with Gasteiger partial charge < -0.3 is 19.7 Å². The zero-order chi connectivity index (χ0) is 19.1. The lowest BCUT2D eigenvalue weighted by Crippen LogP contribution is -2.28. The standard InChI is InChI=1S/C20H26N4O3/c1-3-26-17-9-5-4-8-16(17)20(25)21-10-13-27-19-14-18(22-15(2)23-19)24-11-6-7-12-24/h4-5,8-9,14H,3,6-7,10-13H2,1-2H3,(H,21,25). The van der Waals surface area contributed by atoms with E-state index in [0.29, 0.717) is 42.8 Å². The van der Waals surface area contributed by atoms with Gasteiger partial charge in [-0.15, -0.1) is 0 Å². The van der Waals surface area contributed by atoms with Crippen molar-refractivity contribution in [3.8, 4) is 11.6 Å². The first-order valence-corrected chi connectivity index (χ1v) is 9.41. The molecular weight excluding hydrogens is 344 g/mol. The zero-order valence-electron chi connectivity index (χ0n) is 15.9. The highest BCUT2D eigenvalue weighted by Gasteiger charge is 2.16. The monoisotopic (exact) mass is 370 g/mol. The Labute approximate surface area is 159 Å². The first-order chi connectivity index (χ1) is 13.2. The number of carbonyl (C=O) groups excluding carboxylic acids is 1. The maximum atomic E-state index is 12.4. The van der Waals surface area contributed by atoms with Crippen LogP contribution in [0.25, 0.3) is 0 Å². The normalized spacial score (nSPS) is 13.5. The average molecular weight is 370 g/mol. The number of rotatable bonds is 8. The Morgan fingerprint density at radius 1 is 1.19 bits per heavy atom. The molecule has 7 nitrogen and oxygen atoms in total. The molecule has 0 saturated carbocycles. The minimum absolute atomic E-state index is 0.181. The fourth-order valence-electron chi connectivity index (χ4n) is 3.06. The predicted octanol–water partition coefficient (Wildman–Crippen LogP) is 2.59. The maximum absolute atomic E-state index is 12.4. The summed E-state index contributed by atoms with van der Waals surface area (Å²) in [5.41, 5.74) is 0.522. The van der Waals surface area contributed by atoms with Crippen LogP contribution in [0.5, 0.6) is 11.6 Å². The van der Waals surface area contributed by atoms with E-state index in [0.717, 1.165) is 18.9 Å². The van der Waals surface area contributed by atoms with Crippen molar-refractivity contribution in [2.75, 3.05) is 37.7 Å². The lowest BCUT2D eigenvalue weighted by Gasteiger charge is -2.17. The van der Waals surface area contributed by atoms with Crippen LogP contribution in [0.15, 0.2) is 30.3 Å². The molecule has 0 unspecified atom stereocenters. The summed E-state index contributed by atoms with van der Waals surface area (Å²) in [6, 6.07) is 9.07. The molecule has 0 bridgehead atoms. The summed E-state index contributed by atoms with van der Waals surface area (Å²) in [6.45, 7) is 7.01. The summed E-state index contributed by atoms with van der Waals surface area (Å²) in [5, 5.41) is 2.85. The molecule has 144 valence electrons. The lowest BCUT2D eigenvalue weighted by molar-refractivity contribution is 0.0942. The van der Waals surface area contributed by atoms with Gasteiger partial charge in [-0.1, -0.05) is 12.1 Å². The largest absolute Gasteiger partial charge is 0.493 e. The Hall–Kier alpha value is -2.83. The smallest absolute Gasteiger partial charge is 0.255 e. The van der Waals surface area contributed by atoms with Crippen LogP contribution >= 0.6 is 0 Å². The zero-order valence-corrected chi connectivity index (χ0v) is 15.9. The van der Waals surface area contributed by atoms with E-state index in [1.165, 1.54) is 12.8 Å². The number of anilines is 1. The van der Waals surface area contributed by atoms with Crippen LogP contribution in [0.2, 0.25) is 0 Å². The molecular formula is C20H26N4O3. The summed E-state index contributed by atoms with van der Waals surface area (Å²) in [6.07, 6.45) is 2.38. The molecule has 1 aromatic carbocycles. The minimum Gasteiger partial charge on any atom is -0.493 e. The van der Waals surface area contributed by atoms with Crippen molar-refractivity contribution in [3.05, 3.63) is 41.7 Å². The number of aromatic nitrogens is 2. The van der Waals surface area contributed by atoms with E-state index < -0.39 is 0 Å². The summed E-state index contributed by atoms with van der Waals surface area (Å²) in [5.74, 6) is 2.53. The molecule has 1 aromatic heterocycles. The van der Waals surface area contributed by atoms with Crippen molar-refractivity contribution in [2.24, 2.45) is 0 Å². The Balaban J connectivity index is 1.52. The third-order valence-corrected chi connectivity index (χ3v) is 4.30. The highest BCUT2D eigenvalue weighted by atomic mass is 16.5. The molecule has 3 rings (SSSR count). The molecule has 0 spiro atoms. The third kappa shape index (κ3) is 5.09. The van der Waals surface area contributed by atoms with Crippen molar-refractivity contribution in [1.29, 1.82) is 0 Å². The van der Waals surface area contributed by atoms with E-state index in [1.54, 1.807) is 12.1 Å². The Bertz CT molecular complexity index is 776. The van der Waals surface area contributed by atoms with Crippen LogP contribution in [-0.2, 0) is 0 Å². The average Bonchev–Trinajstić information content (AvgIpc) is 3.20. The molecule has 1 fully saturated rings. The number of aryl methyl sites for hydroxylation is 1. The molecule has 1 N–H and O–H groups in total. The number of para-hydroxylation sites is 1. The van der Waals surface area contributed by atoms with Crippen LogP contribution in [0.3, 0.4) is 0 Å². The van der Waals surface area contributed by atoms with E-state index in [2.05, 4.69) is 20.2 Å². The second-order valence-electron chi connectivity index (χ2n) is 6.34. The second kappa shape index (κ2) is 9.21. The van der Waals surface area contributed by atoms with Crippen LogP contribution < -0.4 is 19.7 Å². The predicted molar refractivity (Wildman–Crippen MR) is 104 cm³/mol.